The predicted octanol–water partition coefficient (Wildman–Crippen LogP) is 1.35. The van der Waals surface area contributed by atoms with Gasteiger partial charge in [0.2, 0.25) is 5.91 Å². The monoisotopic (exact) mass is 229 g/mol. The number of anilines is 1. The molecule has 74 valence electrons. The zero-order valence-corrected chi connectivity index (χ0v) is 8.73. The fourth-order valence-electron chi connectivity index (χ4n) is 0.795. The maximum Gasteiger partial charge on any atom is 0.232 e. The van der Waals surface area contributed by atoms with Crippen molar-refractivity contribution in [2.24, 2.45) is 5.73 Å². The summed E-state index contributed by atoms with van der Waals surface area (Å²) >= 11 is 10.2. The lowest BCUT2D eigenvalue weighted by molar-refractivity contribution is -0.115. The van der Waals surface area contributed by atoms with E-state index in [0.717, 1.165) is 0 Å². The second-order valence-corrected chi connectivity index (χ2v) is 3.51. The summed E-state index contributed by atoms with van der Waals surface area (Å²) in [6.07, 6.45) is 1.46. The van der Waals surface area contributed by atoms with Gasteiger partial charge in [-0.2, -0.15) is 0 Å². The number of carbonyl (C=O) groups excluding carboxylic acids is 1. The van der Waals surface area contributed by atoms with Crippen molar-refractivity contribution in [3.05, 3.63) is 23.4 Å². The minimum Gasteiger partial charge on any atom is -0.393 e. The molecule has 0 saturated carbocycles. The molecule has 0 aromatic carbocycles. The third-order valence-corrected chi connectivity index (χ3v) is 1.70. The van der Waals surface area contributed by atoms with Gasteiger partial charge in [0.05, 0.1) is 16.4 Å². The van der Waals surface area contributed by atoms with E-state index in [-0.39, 0.29) is 17.3 Å². The lowest BCUT2D eigenvalue weighted by atomic mass is 10.4. The van der Waals surface area contributed by atoms with Crippen molar-refractivity contribution in [2.45, 2.75) is 6.42 Å². The van der Waals surface area contributed by atoms with Gasteiger partial charge in [0, 0.05) is 6.20 Å². The first-order valence-corrected chi connectivity index (χ1v) is 4.56. The smallest absolute Gasteiger partial charge is 0.232 e. The Hall–Kier alpha value is -1.20. The number of aromatic nitrogens is 1. The molecule has 0 fully saturated rings. The van der Waals surface area contributed by atoms with Crippen molar-refractivity contribution in [2.75, 3.05) is 5.32 Å². The van der Waals surface area contributed by atoms with E-state index in [9.17, 15) is 4.79 Å². The summed E-state index contributed by atoms with van der Waals surface area (Å²) in [6, 6.07) is 3.23. The second-order valence-electron chi connectivity index (χ2n) is 2.55. The number of halogens is 1. The van der Waals surface area contributed by atoms with E-state index in [1.807, 2.05) is 0 Å². The molecule has 3 N–H and O–H groups in total. The molecule has 1 heterocycles. The highest BCUT2D eigenvalue weighted by Gasteiger charge is 2.03. The standard InChI is InChI=1S/C8H8ClN3OS/c9-5-1-2-7(11-4-5)12-8(13)3-6(10)14/h1-2,4H,3H2,(H2,10,14)(H,11,12,13). The summed E-state index contributed by atoms with van der Waals surface area (Å²) in [4.78, 5) is 15.2. The first-order valence-electron chi connectivity index (χ1n) is 3.77. The minimum absolute atomic E-state index is 0.0135. The number of pyridine rings is 1. The van der Waals surface area contributed by atoms with Gasteiger partial charge in [-0.15, -0.1) is 0 Å². The fraction of sp³-hybridized carbons (Fsp3) is 0.125. The van der Waals surface area contributed by atoms with Crippen LogP contribution in [0.2, 0.25) is 5.02 Å². The molecule has 0 unspecified atom stereocenters. The molecule has 0 aliphatic rings. The number of amides is 1. The molecule has 0 saturated heterocycles. The zero-order chi connectivity index (χ0) is 10.6. The normalized spacial score (nSPS) is 9.50. The van der Waals surface area contributed by atoms with Gasteiger partial charge in [-0.25, -0.2) is 4.98 Å². The van der Waals surface area contributed by atoms with Crippen LogP contribution in [0.4, 0.5) is 5.82 Å². The number of carbonyl (C=O) groups is 1. The third-order valence-electron chi connectivity index (χ3n) is 1.33. The molecule has 1 aromatic heterocycles. The summed E-state index contributed by atoms with van der Waals surface area (Å²) in [6.45, 7) is 0. The van der Waals surface area contributed by atoms with Gasteiger partial charge in [-0.3, -0.25) is 4.79 Å². The Morgan fingerprint density at radius 1 is 1.64 bits per heavy atom. The predicted molar refractivity (Wildman–Crippen MR) is 59.3 cm³/mol. The molecular formula is C8H8ClN3OS. The van der Waals surface area contributed by atoms with E-state index in [1.54, 1.807) is 12.1 Å². The highest BCUT2D eigenvalue weighted by Crippen LogP contribution is 2.09. The van der Waals surface area contributed by atoms with E-state index < -0.39 is 0 Å². The van der Waals surface area contributed by atoms with Crippen LogP contribution >= 0.6 is 23.8 Å². The minimum atomic E-state index is -0.285. The molecule has 1 aromatic rings. The van der Waals surface area contributed by atoms with Gasteiger partial charge < -0.3 is 11.1 Å². The van der Waals surface area contributed by atoms with Crippen molar-refractivity contribution in [1.82, 2.24) is 4.98 Å². The van der Waals surface area contributed by atoms with Crippen molar-refractivity contribution in [3.8, 4) is 0 Å². The van der Waals surface area contributed by atoms with Crippen LogP contribution in [0.15, 0.2) is 18.3 Å². The quantitative estimate of drug-likeness (QED) is 0.768. The average Bonchev–Trinajstić information content (AvgIpc) is 2.07. The molecule has 4 nitrogen and oxygen atoms in total. The van der Waals surface area contributed by atoms with Gasteiger partial charge in [0.25, 0.3) is 0 Å². The maximum absolute atomic E-state index is 11.2. The number of nitrogens with zero attached hydrogens (tertiary/aromatic N) is 1. The Labute approximate surface area is 91.5 Å². The van der Waals surface area contributed by atoms with Gasteiger partial charge in [0.1, 0.15) is 5.82 Å². The van der Waals surface area contributed by atoms with Crippen LogP contribution in [0, 0.1) is 0 Å². The van der Waals surface area contributed by atoms with E-state index in [0.29, 0.717) is 10.8 Å². The number of thiocarbonyl (C=S) groups is 1. The van der Waals surface area contributed by atoms with E-state index in [4.69, 9.17) is 17.3 Å². The van der Waals surface area contributed by atoms with Crippen LogP contribution in [-0.2, 0) is 4.79 Å². The maximum atomic E-state index is 11.2. The summed E-state index contributed by atoms with van der Waals surface area (Å²) in [5.74, 6) is 0.142. The first kappa shape index (κ1) is 10.9. The summed E-state index contributed by atoms with van der Waals surface area (Å²) in [7, 11) is 0. The molecule has 1 amide bonds. The molecular weight excluding hydrogens is 222 g/mol. The van der Waals surface area contributed by atoms with Crippen LogP contribution in [0.5, 0.6) is 0 Å². The van der Waals surface area contributed by atoms with Gasteiger partial charge in [0.15, 0.2) is 0 Å². The Balaban J connectivity index is 2.56. The van der Waals surface area contributed by atoms with Crippen LogP contribution < -0.4 is 11.1 Å². The van der Waals surface area contributed by atoms with Crippen LogP contribution in [0.1, 0.15) is 6.42 Å². The highest BCUT2D eigenvalue weighted by atomic mass is 35.5. The average molecular weight is 230 g/mol. The topological polar surface area (TPSA) is 68.0 Å². The lowest BCUT2D eigenvalue weighted by Crippen LogP contribution is -2.20. The Morgan fingerprint density at radius 3 is 2.86 bits per heavy atom. The Kier molecular flexibility index (Phi) is 3.79. The largest absolute Gasteiger partial charge is 0.393 e. The van der Waals surface area contributed by atoms with Gasteiger partial charge in [-0.05, 0) is 12.1 Å². The molecule has 0 bridgehead atoms. The van der Waals surface area contributed by atoms with Crippen LogP contribution in [0.25, 0.3) is 0 Å². The van der Waals surface area contributed by atoms with Gasteiger partial charge in [-0.1, -0.05) is 23.8 Å². The Bertz CT molecular complexity index is 352. The molecule has 0 radical (unpaired) electrons. The first-order chi connectivity index (χ1) is 6.58. The molecule has 6 heteroatoms. The van der Waals surface area contributed by atoms with E-state index in [2.05, 4.69) is 22.5 Å². The van der Waals surface area contributed by atoms with Crippen molar-refractivity contribution < 1.29 is 4.79 Å². The van der Waals surface area contributed by atoms with Gasteiger partial charge >= 0.3 is 0 Å². The number of nitrogens with one attached hydrogen (secondary N) is 1. The molecule has 0 aliphatic heterocycles. The summed E-state index contributed by atoms with van der Waals surface area (Å²) in [5, 5.41) is 3.04. The summed E-state index contributed by atoms with van der Waals surface area (Å²) < 4.78 is 0. The van der Waals surface area contributed by atoms with E-state index >= 15 is 0 Å². The van der Waals surface area contributed by atoms with E-state index in [1.165, 1.54) is 6.20 Å². The van der Waals surface area contributed by atoms with Crippen molar-refractivity contribution in [1.29, 1.82) is 0 Å². The number of rotatable bonds is 3. The molecule has 1 rings (SSSR count). The van der Waals surface area contributed by atoms with Crippen molar-refractivity contribution in [3.63, 3.8) is 0 Å². The molecule has 14 heavy (non-hydrogen) atoms. The third kappa shape index (κ3) is 3.68. The SMILES string of the molecule is NC(=S)CC(=O)Nc1ccc(Cl)cn1. The molecule has 0 spiro atoms. The second kappa shape index (κ2) is 4.88. The summed E-state index contributed by atoms with van der Waals surface area (Å²) in [5.41, 5.74) is 5.20. The molecule has 0 aliphatic carbocycles. The lowest BCUT2D eigenvalue weighted by Gasteiger charge is -2.02. The van der Waals surface area contributed by atoms with Crippen LogP contribution in [-0.4, -0.2) is 15.9 Å². The fourth-order valence-corrected chi connectivity index (χ4v) is 1.04. The number of nitrogens with two attached hydrogens (primary N) is 1. The highest BCUT2D eigenvalue weighted by molar-refractivity contribution is 7.80. The molecule has 0 atom stereocenters. The number of hydrogen-bond acceptors (Lipinski definition) is 3. The Morgan fingerprint density at radius 2 is 2.36 bits per heavy atom. The van der Waals surface area contributed by atoms with Crippen molar-refractivity contribution >= 4 is 40.5 Å². The van der Waals surface area contributed by atoms with Crippen LogP contribution in [0.3, 0.4) is 0 Å². The zero-order valence-electron chi connectivity index (χ0n) is 7.16. The number of hydrogen-bond donors (Lipinski definition) is 2.